The largest absolute Gasteiger partial charge is 0.463 e. The lowest BCUT2D eigenvalue weighted by molar-refractivity contribution is -0.158. The fourth-order valence-corrected chi connectivity index (χ4v) is 14.5. The van der Waals surface area contributed by atoms with E-state index in [0.717, 1.165) is 17.6 Å². The van der Waals surface area contributed by atoms with Crippen LogP contribution in [0, 0.1) is 109 Å². The van der Waals surface area contributed by atoms with E-state index in [-0.39, 0.29) is 146 Å². The summed E-state index contributed by atoms with van der Waals surface area (Å²) < 4.78 is 31.9. The Morgan fingerprint density at radius 3 is 1.23 bits per heavy atom. The van der Waals surface area contributed by atoms with Crippen LogP contribution in [-0.2, 0) is 57.2 Å². The second kappa shape index (κ2) is 35.6. The quantitative estimate of drug-likeness (QED) is 0.0559. The first kappa shape index (κ1) is 89.6. The molecule has 0 aromatic heterocycles. The highest BCUT2D eigenvalue weighted by molar-refractivity contribution is 5.82. The zero-order chi connectivity index (χ0) is 77.0. The van der Waals surface area contributed by atoms with E-state index in [0.29, 0.717) is 29.1 Å². The van der Waals surface area contributed by atoms with Crippen molar-refractivity contribution >= 4 is 41.9 Å². The van der Waals surface area contributed by atoms with E-state index in [9.17, 15) is 28.8 Å². The van der Waals surface area contributed by atoms with Crippen LogP contribution in [0.5, 0.6) is 0 Å². The summed E-state index contributed by atoms with van der Waals surface area (Å²) in [6, 6.07) is 10.2. The van der Waals surface area contributed by atoms with Crippen LogP contribution in [0.1, 0.15) is 274 Å². The Balaban J connectivity index is 0.000000403. The van der Waals surface area contributed by atoms with Crippen LogP contribution in [0.2, 0.25) is 0 Å². The van der Waals surface area contributed by atoms with Crippen molar-refractivity contribution in [3.05, 3.63) is 94.3 Å². The van der Waals surface area contributed by atoms with Crippen LogP contribution in [-0.4, -0.2) is 71.9 Å². The minimum atomic E-state index is -0.413. The smallest absolute Gasteiger partial charge is 0.310 e. The van der Waals surface area contributed by atoms with Crippen LogP contribution in [0.4, 0.5) is 0 Å². The van der Waals surface area contributed by atoms with Gasteiger partial charge in [0.2, 0.25) is 0 Å². The van der Waals surface area contributed by atoms with Gasteiger partial charge in [0, 0.05) is 11.3 Å². The zero-order valence-corrected chi connectivity index (χ0v) is 69.2. The van der Waals surface area contributed by atoms with E-state index < -0.39 is 5.60 Å². The molecule has 7 aliphatic rings. The number of esters is 6. The predicted molar refractivity (Wildman–Crippen MR) is 407 cm³/mol. The van der Waals surface area contributed by atoms with Gasteiger partial charge in [-0.1, -0.05) is 181 Å². The lowest BCUT2D eigenvalue weighted by atomic mass is 9.96. The number of hydrogen-bond donors (Lipinski definition) is 0. The molecule has 99 heavy (non-hydrogen) atoms. The molecule has 0 saturated heterocycles. The first-order valence-electron chi connectivity index (χ1n) is 37.5. The summed E-state index contributed by atoms with van der Waals surface area (Å²) in [5.41, 5.74) is 9.44. The lowest BCUT2D eigenvalue weighted by Crippen LogP contribution is -2.26. The molecule has 12 heteroatoms. The van der Waals surface area contributed by atoms with Crippen molar-refractivity contribution in [2.75, 3.05) is 0 Å². The minimum absolute atomic E-state index is 0.000602. The first-order valence-corrected chi connectivity index (χ1v) is 37.5. The van der Waals surface area contributed by atoms with Gasteiger partial charge >= 0.3 is 35.8 Å². The van der Waals surface area contributed by atoms with E-state index >= 15 is 0 Å². The molecule has 0 aliphatic heterocycles. The molecule has 7 aliphatic carbocycles. The topological polar surface area (TPSA) is 158 Å². The summed E-state index contributed by atoms with van der Waals surface area (Å²) in [5.74, 6) is 2.61. The van der Waals surface area contributed by atoms with Gasteiger partial charge in [-0.25, -0.2) is 0 Å². The van der Waals surface area contributed by atoms with E-state index in [1.54, 1.807) is 0 Å². The monoisotopic (exact) mass is 1380 g/mol. The predicted octanol–water partition coefficient (Wildman–Crippen LogP) is 21.6. The Morgan fingerprint density at radius 1 is 0.475 bits per heavy atom. The minimum Gasteiger partial charge on any atom is -0.463 e. The third kappa shape index (κ3) is 25.5. The van der Waals surface area contributed by atoms with Crippen LogP contribution < -0.4 is 0 Å². The van der Waals surface area contributed by atoms with Gasteiger partial charge < -0.3 is 28.4 Å². The van der Waals surface area contributed by atoms with Crippen LogP contribution in [0.25, 0.3) is 6.08 Å². The fraction of sp³-hybridized carbons (Fsp3) is 0.736. The zero-order valence-electron chi connectivity index (χ0n) is 69.2. The highest BCUT2D eigenvalue weighted by Gasteiger charge is 2.74. The Kier molecular flexibility index (Phi) is 32.2. The molecule has 562 valence electrons. The molecule has 1 spiro atoms. The Bertz CT molecular complexity index is 2990. The lowest BCUT2D eigenvalue weighted by Gasteiger charge is -2.19. The van der Waals surface area contributed by atoms with Gasteiger partial charge in [0.15, 0.2) is 0 Å². The van der Waals surface area contributed by atoms with Gasteiger partial charge in [-0.05, 0) is 244 Å². The van der Waals surface area contributed by atoms with E-state index in [1.807, 2.05) is 142 Å². The van der Waals surface area contributed by atoms with Gasteiger partial charge in [-0.3, -0.25) is 28.8 Å². The standard InChI is InChI=1S/C18H24O2.C14H24O2.C14H22O2.C13H20O2.C13H24O2.C13H22O2.C2H6/c1-17(2,3)20-16(19)15-14(18(15,4)5)12-11-13-9-7-6-8-10-13;1-9(2)8-14(7)11(13(14,5)6)12(15)16-10(3)4;1-9(2)7-8-11-12(14(11,5)6)13(15)16-10(3)4;1-8(2)7-10-11(13(10)5-6-13)12(14)15-9(3)4;2*1-8(2)7-10-11(13(10,5)6)12(14)15-9(3)4;1-2/h6-12,14-15H,1-5H3;8,10-11H,1-7H3;8,10-12H,1-6H3;7,9-11H,5-6H2,1-4H3;8-11H,7H2,1-6H3;7,9-11H,1-6H3;1-2H3. The van der Waals surface area contributed by atoms with Crippen molar-refractivity contribution in [1.29, 1.82) is 0 Å². The molecule has 12 nitrogen and oxygen atoms in total. The van der Waals surface area contributed by atoms with E-state index in [4.69, 9.17) is 28.4 Å². The molecule has 0 N–H and O–H groups in total. The van der Waals surface area contributed by atoms with Crippen molar-refractivity contribution < 1.29 is 57.2 Å². The number of ether oxygens (including phenoxy) is 6. The van der Waals surface area contributed by atoms with Crippen molar-refractivity contribution in [1.82, 2.24) is 0 Å². The summed E-state index contributed by atoms with van der Waals surface area (Å²) >= 11 is 0. The molecular weight excluding hydrogens is 1240 g/mol. The third-order valence-corrected chi connectivity index (χ3v) is 20.6. The van der Waals surface area contributed by atoms with Crippen molar-refractivity contribution in [2.24, 2.45) is 109 Å². The first-order chi connectivity index (χ1) is 45.1. The van der Waals surface area contributed by atoms with Crippen LogP contribution in [0.3, 0.4) is 0 Å². The summed E-state index contributed by atoms with van der Waals surface area (Å²) in [4.78, 5) is 71.4. The summed E-state index contributed by atoms with van der Waals surface area (Å²) in [5, 5.41) is 0. The molecule has 8 rings (SSSR count). The molecule has 12 atom stereocenters. The second-order valence-electron chi connectivity index (χ2n) is 35.9. The van der Waals surface area contributed by atoms with E-state index in [1.165, 1.54) is 29.6 Å². The summed E-state index contributed by atoms with van der Waals surface area (Å²) in [6.45, 7) is 73.1. The number of allylic oxidation sites excluding steroid dienone is 8. The summed E-state index contributed by atoms with van der Waals surface area (Å²) in [6.07, 6.45) is 16.4. The Hall–Kier alpha value is -5.48. The highest BCUT2D eigenvalue weighted by Crippen LogP contribution is 2.76. The average Bonchev–Trinajstić information content (AvgIpc) is 1.51. The summed E-state index contributed by atoms with van der Waals surface area (Å²) in [7, 11) is 0. The molecule has 0 bridgehead atoms. The third-order valence-electron chi connectivity index (χ3n) is 20.6. The molecule has 0 heterocycles. The highest BCUT2D eigenvalue weighted by atomic mass is 16.6. The molecular formula is C87H142O12. The Morgan fingerprint density at radius 2 is 0.848 bits per heavy atom. The number of rotatable bonds is 19. The Labute approximate surface area is 603 Å². The molecule has 7 fully saturated rings. The molecule has 12 unspecified atom stereocenters. The second-order valence-corrected chi connectivity index (χ2v) is 35.9. The number of benzene rings is 1. The maximum Gasteiger partial charge on any atom is 0.310 e. The van der Waals surface area contributed by atoms with E-state index in [2.05, 4.69) is 180 Å². The van der Waals surface area contributed by atoms with Gasteiger partial charge in [-0.15, -0.1) is 5.73 Å². The molecule has 0 amide bonds. The maximum absolute atomic E-state index is 12.2. The number of carbonyl (C=O) groups excluding carboxylic acids is 6. The fourth-order valence-electron chi connectivity index (χ4n) is 14.5. The molecule has 0 radical (unpaired) electrons. The van der Waals surface area contributed by atoms with Crippen LogP contribution >= 0.6 is 0 Å². The SMILES string of the molecule is CC.CC(C)(C)OC(=O)C1C(C=Cc2ccccc2)C1(C)C.CC(C)=C=CC1C(C(=O)OC(C)C)C1(C)C.CC(C)=CC1(C)C(C(=O)OC(C)C)C1(C)C.CC(C)=CC1C(C(=O)OC(C)C)C1(C)C.CC(C)=CC1C(C(=O)OC(C)C)C12CC2.CC(C)CC1C(C(=O)OC(C)C)C1(C)C. The van der Waals surface area contributed by atoms with Gasteiger partial charge in [0.25, 0.3) is 0 Å². The number of hydrogen-bond acceptors (Lipinski definition) is 12. The average molecular weight is 1380 g/mol. The maximum atomic E-state index is 12.2. The van der Waals surface area contributed by atoms with Crippen molar-refractivity contribution in [3.8, 4) is 0 Å². The molecule has 1 aromatic rings. The van der Waals surface area contributed by atoms with Gasteiger partial charge in [0.05, 0.1) is 66.0 Å². The molecule has 7 saturated carbocycles. The normalized spacial score (nSPS) is 27.3. The van der Waals surface area contributed by atoms with Gasteiger partial charge in [-0.2, -0.15) is 0 Å². The van der Waals surface area contributed by atoms with Crippen molar-refractivity contribution in [2.45, 2.75) is 305 Å². The molecule has 1 aromatic carbocycles. The van der Waals surface area contributed by atoms with Gasteiger partial charge in [0.1, 0.15) is 5.60 Å². The number of carbonyl (C=O) groups is 6. The van der Waals surface area contributed by atoms with Crippen molar-refractivity contribution in [3.63, 3.8) is 0 Å². The van der Waals surface area contributed by atoms with Crippen LogP contribution in [0.15, 0.2) is 88.7 Å².